The summed E-state index contributed by atoms with van der Waals surface area (Å²) in [6, 6.07) is 7.42. The first-order valence-corrected chi connectivity index (χ1v) is 7.13. The number of fused-ring (bicyclic) bond motifs is 1. The molecule has 1 aliphatic carbocycles. The van der Waals surface area contributed by atoms with Gasteiger partial charge in [0.25, 0.3) is 0 Å². The van der Waals surface area contributed by atoms with E-state index < -0.39 is 0 Å². The third-order valence-corrected chi connectivity index (χ3v) is 4.41. The predicted octanol–water partition coefficient (Wildman–Crippen LogP) is 3.82. The van der Waals surface area contributed by atoms with Crippen molar-refractivity contribution in [1.29, 1.82) is 0 Å². The van der Waals surface area contributed by atoms with E-state index in [-0.39, 0.29) is 5.82 Å². The summed E-state index contributed by atoms with van der Waals surface area (Å²) in [5.41, 5.74) is 8.00. The molecule has 0 spiro atoms. The molecule has 1 aliphatic rings. The maximum atomic E-state index is 13.9. The van der Waals surface area contributed by atoms with Gasteiger partial charge in [-0.05, 0) is 36.4 Å². The summed E-state index contributed by atoms with van der Waals surface area (Å²) in [7, 11) is 0. The van der Waals surface area contributed by atoms with Crippen LogP contribution in [0.15, 0.2) is 29.6 Å². The number of aromatic nitrogens is 2. The second-order valence-corrected chi connectivity index (χ2v) is 5.77. The zero-order valence-electron chi connectivity index (χ0n) is 10.1. The van der Waals surface area contributed by atoms with Gasteiger partial charge in [-0.25, -0.2) is 9.37 Å². The van der Waals surface area contributed by atoms with Crippen molar-refractivity contribution in [3.8, 4) is 10.7 Å². The SMILES string of the molecule is Nc1ccsc1-c1nc2c(F)cccc2n1C1CC1. The Hall–Kier alpha value is -1.88. The van der Waals surface area contributed by atoms with Crippen molar-refractivity contribution >= 4 is 28.1 Å². The third-order valence-electron chi connectivity index (χ3n) is 3.48. The second kappa shape index (κ2) is 3.81. The van der Waals surface area contributed by atoms with Gasteiger partial charge in [0.2, 0.25) is 0 Å². The third kappa shape index (κ3) is 1.58. The van der Waals surface area contributed by atoms with E-state index >= 15 is 0 Å². The van der Waals surface area contributed by atoms with Gasteiger partial charge in [0.15, 0.2) is 11.6 Å². The molecule has 2 N–H and O–H groups in total. The summed E-state index contributed by atoms with van der Waals surface area (Å²) < 4.78 is 16.0. The molecule has 19 heavy (non-hydrogen) atoms. The van der Waals surface area contributed by atoms with Crippen LogP contribution in [0.3, 0.4) is 0 Å². The summed E-state index contributed by atoms with van der Waals surface area (Å²) in [4.78, 5) is 5.43. The number of nitrogens with zero attached hydrogens (tertiary/aromatic N) is 2. The number of para-hydroxylation sites is 1. The Morgan fingerprint density at radius 2 is 2.16 bits per heavy atom. The number of thiophene rings is 1. The van der Waals surface area contributed by atoms with E-state index in [4.69, 9.17) is 5.73 Å². The van der Waals surface area contributed by atoms with Gasteiger partial charge in [0, 0.05) is 6.04 Å². The molecule has 0 amide bonds. The molecule has 2 aromatic heterocycles. The van der Waals surface area contributed by atoms with Crippen LogP contribution < -0.4 is 5.73 Å². The van der Waals surface area contributed by atoms with Crippen LogP contribution in [0.2, 0.25) is 0 Å². The van der Waals surface area contributed by atoms with E-state index in [1.807, 2.05) is 17.5 Å². The Morgan fingerprint density at radius 3 is 2.84 bits per heavy atom. The van der Waals surface area contributed by atoms with Crippen molar-refractivity contribution < 1.29 is 4.39 Å². The fourth-order valence-corrected chi connectivity index (χ4v) is 3.25. The Kier molecular flexibility index (Phi) is 2.20. The number of imidazole rings is 1. The Balaban J connectivity index is 2.07. The molecule has 4 rings (SSSR count). The smallest absolute Gasteiger partial charge is 0.153 e. The lowest BCUT2D eigenvalue weighted by Gasteiger charge is -2.06. The molecule has 1 fully saturated rings. The molecule has 1 aromatic carbocycles. The van der Waals surface area contributed by atoms with Crippen molar-refractivity contribution in [2.24, 2.45) is 0 Å². The number of nitrogens with two attached hydrogens (primary N) is 1. The van der Waals surface area contributed by atoms with E-state index in [2.05, 4.69) is 9.55 Å². The van der Waals surface area contributed by atoms with Crippen molar-refractivity contribution in [2.75, 3.05) is 5.73 Å². The molecule has 0 saturated heterocycles. The van der Waals surface area contributed by atoms with Gasteiger partial charge in [-0.3, -0.25) is 0 Å². The van der Waals surface area contributed by atoms with E-state index in [1.54, 1.807) is 17.4 Å². The first-order valence-electron chi connectivity index (χ1n) is 6.25. The summed E-state index contributed by atoms with van der Waals surface area (Å²) >= 11 is 1.55. The van der Waals surface area contributed by atoms with Crippen LogP contribution in [0.25, 0.3) is 21.7 Å². The molecule has 0 radical (unpaired) electrons. The van der Waals surface area contributed by atoms with Gasteiger partial charge in [-0.15, -0.1) is 11.3 Å². The van der Waals surface area contributed by atoms with Crippen LogP contribution in [-0.4, -0.2) is 9.55 Å². The minimum atomic E-state index is -0.270. The molecule has 2 heterocycles. The molecule has 3 aromatic rings. The fourth-order valence-electron chi connectivity index (χ4n) is 2.45. The van der Waals surface area contributed by atoms with E-state index in [1.165, 1.54) is 6.07 Å². The number of rotatable bonds is 2. The lowest BCUT2D eigenvalue weighted by atomic mass is 10.3. The zero-order valence-corrected chi connectivity index (χ0v) is 11.0. The molecule has 0 atom stereocenters. The zero-order chi connectivity index (χ0) is 13.0. The molecule has 0 unspecified atom stereocenters. The minimum absolute atomic E-state index is 0.270. The number of hydrogen-bond acceptors (Lipinski definition) is 3. The summed E-state index contributed by atoms with van der Waals surface area (Å²) in [6.45, 7) is 0. The Labute approximate surface area is 113 Å². The fraction of sp³-hybridized carbons (Fsp3) is 0.214. The maximum absolute atomic E-state index is 13.9. The summed E-state index contributed by atoms with van der Waals surface area (Å²) in [6.07, 6.45) is 2.25. The quantitative estimate of drug-likeness (QED) is 0.771. The van der Waals surface area contributed by atoms with E-state index in [0.29, 0.717) is 17.2 Å². The monoisotopic (exact) mass is 273 g/mol. The van der Waals surface area contributed by atoms with Crippen LogP contribution in [-0.2, 0) is 0 Å². The molecule has 96 valence electrons. The first kappa shape index (κ1) is 11.0. The standard InChI is InChI=1S/C14H12FN3S/c15-9-2-1-3-11-12(9)17-14(18(11)8-4-5-8)13-10(16)6-7-19-13/h1-3,6-8H,4-5,16H2. The number of anilines is 1. The highest BCUT2D eigenvalue weighted by Crippen LogP contribution is 2.43. The highest BCUT2D eigenvalue weighted by Gasteiger charge is 2.30. The highest BCUT2D eigenvalue weighted by atomic mass is 32.1. The lowest BCUT2D eigenvalue weighted by Crippen LogP contribution is -1.97. The average Bonchev–Trinajstić information content (AvgIpc) is 3.02. The lowest BCUT2D eigenvalue weighted by molar-refractivity contribution is 0.637. The van der Waals surface area contributed by atoms with Crippen LogP contribution in [0, 0.1) is 5.82 Å². The summed E-state index contributed by atoms with van der Waals surface area (Å²) in [5.74, 6) is 0.531. The molecule has 1 saturated carbocycles. The normalized spacial score (nSPS) is 15.2. The van der Waals surface area contributed by atoms with Gasteiger partial charge >= 0.3 is 0 Å². The van der Waals surface area contributed by atoms with Crippen LogP contribution >= 0.6 is 11.3 Å². The average molecular weight is 273 g/mol. The maximum Gasteiger partial charge on any atom is 0.153 e. The first-order chi connectivity index (χ1) is 9.25. The Bertz CT molecular complexity index is 770. The van der Waals surface area contributed by atoms with Gasteiger partial charge in [-0.2, -0.15) is 0 Å². The minimum Gasteiger partial charge on any atom is -0.397 e. The van der Waals surface area contributed by atoms with Crippen molar-refractivity contribution in [3.63, 3.8) is 0 Å². The van der Waals surface area contributed by atoms with E-state index in [9.17, 15) is 4.39 Å². The summed E-state index contributed by atoms with van der Waals surface area (Å²) in [5, 5.41) is 1.94. The highest BCUT2D eigenvalue weighted by molar-refractivity contribution is 7.14. The Morgan fingerprint density at radius 1 is 1.32 bits per heavy atom. The van der Waals surface area contributed by atoms with Crippen molar-refractivity contribution in [3.05, 3.63) is 35.5 Å². The van der Waals surface area contributed by atoms with Gasteiger partial charge in [-0.1, -0.05) is 6.07 Å². The largest absolute Gasteiger partial charge is 0.397 e. The van der Waals surface area contributed by atoms with E-state index in [0.717, 1.165) is 29.1 Å². The van der Waals surface area contributed by atoms with Crippen LogP contribution in [0.4, 0.5) is 10.1 Å². The van der Waals surface area contributed by atoms with Gasteiger partial charge in [0.1, 0.15) is 5.52 Å². The molecular weight excluding hydrogens is 261 g/mol. The van der Waals surface area contributed by atoms with Gasteiger partial charge < -0.3 is 10.3 Å². The number of nitrogen functional groups attached to an aromatic ring is 1. The van der Waals surface area contributed by atoms with Crippen LogP contribution in [0.1, 0.15) is 18.9 Å². The molecule has 3 nitrogen and oxygen atoms in total. The number of benzene rings is 1. The molecule has 0 aliphatic heterocycles. The predicted molar refractivity (Wildman–Crippen MR) is 75.7 cm³/mol. The molecule has 5 heteroatoms. The number of hydrogen-bond donors (Lipinski definition) is 1. The topological polar surface area (TPSA) is 43.8 Å². The second-order valence-electron chi connectivity index (χ2n) is 4.85. The number of halogens is 1. The van der Waals surface area contributed by atoms with Crippen LogP contribution in [0.5, 0.6) is 0 Å². The molecule has 0 bridgehead atoms. The van der Waals surface area contributed by atoms with Crippen molar-refractivity contribution in [2.45, 2.75) is 18.9 Å². The molecular formula is C14H12FN3S. The van der Waals surface area contributed by atoms with Crippen molar-refractivity contribution in [1.82, 2.24) is 9.55 Å². The van der Waals surface area contributed by atoms with Gasteiger partial charge in [0.05, 0.1) is 16.1 Å².